The number of pyridine rings is 3. The van der Waals surface area contributed by atoms with Gasteiger partial charge in [0.2, 0.25) is 0 Å². The van der Waals surface area contributed by atoms with Crippen molar-refractivity contribution in [3.8, 4) is 11.4 Å². The number of fused-ring (bicyclic) bond motifs is 2. The molecule has 0 spiro atoms. The number of hydrogen-bond donors (Lipinski definition) is 8. The Morgan fingerprint density at radius 1 is 0.481 bits per heavy atom. The molecule has 4 amide bonds. The topological polar surface area (TPSA) is 304 Å². The lowest BCUT2D eigenvalue weighted by Crippen LogP contribution is -2.44. The fourth-order valence-corrected chi connectivity index (χ4v) is 8.80. The van der Waals surface area contributed by atoms with E-state index < -0.39 is 71.7 Å². The lowest BCUT2D eigenvalue weighted by atomic mass is 10.1. The second-order valence-corrected chi connectivity index (χ2v) is 16.0. The van der Waals surface area contributed by atoms with E-state index in [1.54, 1.807) is 0 Å². The van der Waals surface area contributed by atoms with Gasteiger partial charge in [-0.05, 0) is 30.3 Å². The van der Waals surface area contributed by atoms with Gasteiger partial charge in [-0.3, -0.25) is 34.1 Å². The molecule has 3 aromatic rings. The smallest absolute Gasteiger partial charge is 0.327 e. The molecule has 0 unspecified atom stereocenters. The summed E-state index contributed by atoms with van der Waals surface area (Å²) in [6.07, 6.45) is 4.51. The largest absolute Gasteiger partial charge is 0.480 e. The van der Waals surface area contributed by atoms with Gasteiger partial charge in [-0.2, -0.15) is 0 Å². The Balaban J connectivity index is 1.56. The first-order valence-electron chi connectivity index (χ1n) is 15.2. The molecule has 3 aromatic heterocycles. The molecule has 0 saturated carbocycles. The van der Waals surface area contributed by atoms with E-state index in [4.69, 9.17) is 0 Å². The fraction of sp³-hybridized carbons (Fsp3) is 0.258. The van der Waals surface area contributed by atoms with Crippen molar-refractivity contribution in [2.45, 2.75) is 24.2 Å². The molecule has 0 aliphatic carbocycles. The molecule has 3 aliphatic rings. The first-order chi connectivity index (χ1) is 25.7. The molecule has 54 heavy (non-hydrogen) atoms. The lowest BCUT2D eigenvalue weighted by molar-refractivity contribution is -0.139. The third kappa shape index (κ3) is 11.8. The number of rotatable bonds is 4. The molecule has 19 nitrogen and oxygen atoms in total. The van der Waals surface area contributed by atoms with E-state index in [1.165, 1.54) is 36.7 Å². The summed E-state index contributed by atoms with van der Waals surface area (Å²) in [5.74, 6) is -9.76. The van der Waals surface area contributed by atoms with Gasteiger partial charge in [-0.15, -0.1) is 0 Å². The second kappa shape index (κ2) is 19.6. The van der Waals surface area contributed by atoms with Crippen molar-refractivity contribution >= 4 is 90.7 Å². The molecule has 0 saturated heterocycles. The zero-order valence-electron chi connectivity index (χ0n) is 27.4. The number of nitrogens with one attached hydrogen (secondary N) is 4. The Kier molecular flexibility index (Phi) is 15.0. The predicted molar refractivity (Wildman–Crippen MR) is 197 cm³/mol. The van der Waals surface area contributed by atoms with Crippen LogP contribution in [0.25, 0.3) is 11.4 Å². The van der Waals surface area contributed by atoms with Crippen LogP contribution in [0.4, 0.5) is 0 Å². The summed E-state index contributed by atoms with van der Waals surface area (Å²) in [6.45, 7) is 0. The quantitative estimate of drug-likeness (QED) is 0.168. The van der Waals surface area contributed by atoms with Gasteiger partial charge >= 0.3 is 23.9 Å². The van der Waals surface area contributed by atoms with Crippen molar-refractivity contribution in [3.63, 3.8) is 0 Å². The van der Waals surface area contributed by atoms with E-state index >= 15 is 0 Å². The van der Waals surface area contributed by atoms with E-state index in [9.17, 15) is 58.8 Å². The SMILES string of the molecule is O=C1N[C@H](C(=O)O)CSSC[C@@H](C(=O)O)NC(=O)c2cncc(c2)C(=O)N[C@H](C(=O)O)CSSC[C@@H](C(=O)O)NC(=O)c2ccc(nc2)-c2ccc1cn2. The summed E-state index contributed by atoms with van der Waals surface area (Å²) in [5.41, 5.74) is 0.201. The van der Waals surface area contributed by atoms with E-state index in [1.807, 2.05) is 0 Å². The maximum atomic E-state index is 12.9. The van der Waals surface area contributed by atoms with Crippen molar-refractivity contribution < 1.29 is 58.8 Å². The second-order valence-electron chi connectivity index (χ2n) is 10.9. The number of carboxylic acid groups (broad SMARTS) is 4. The van der Waals surface area contributed by atoms with Crippen LogP contribution in [0.15, 0.2) is 55.1 Å². The molecule has 8 N–H and O–H groups in total. The molecule has 0 radical (unpaired) electrons. The van der Waals surface area contributed by atoms with Crippen LogP contribution in [0.1, 0.15) is 41.4 Å². The first kappa shape index (κ1) is 41.4. The Bertz CT molecular complexity index is 1790. The molecule has 23 heteroatoms. The highest BCUT2D eigenvalue weighted by atomic mass is 33.1. The first-order valence-corrected chi connectivity index (χ1v) is 20.2. The molecule has 0 aromatic carbocycles. The minimum Gasteiger partial charge on any atom is -0.480 e. The lowest BCUT2D eigenvalue weighted by Gasteiger charge is -2.17. The van der Waals surface area contributed by atoms with Crippen LogP contribution in [0.2, 0.25) is 0 Å². The zero-order chi connectivity index (χ0) is 39.4. The zero-order valence-corrected chi connectivity index (χ0v) is 30.6. The van der Waals surface area contributed by atoms with Gasteiger partial charge in [0.25, 0.3) is 23.6 Å². The molecule has 6 heterocycles. The monoisotopic (exact) mass is 819 g/mol. The van der Waals surface area contributed by atoms with Crippen LogP contribution in [0.5, 0.6) is 0 Å². The molecule has 6 bridgehead atoms. The Morgan fingerprint density at radius 2 is 0.778 bits per heavy atom. The third-order valence-corrected chi connectivity index (χ3v) is 11.9. The fourth-order valence-electron chi connectivity index (χ4n) is 4.18. The van der Waals surface area contributed by atoms with Crippen molar-refractivity contribution in [1.82, 2.24) is 36.2 Å². The van der Waals surface area contributed by atoms with E-state index in [0.717, 1.165) is 61.6 Å². The van der Waals surface area contributed by atoms with Crippen molar-refractivity contribution in [2.24, 2.45) is 0 Å². The van der Waals surface area contributed by atoms with Crippen LogP contribution in [0, 0.1) is 0 Å². The number of amides is 4. The Morgan fingerprint density at radius 3 is 1.04 bits per heavy atom. The van der Waals surface area contributed by atoms with Gasteiger partial charge in [0.15, 0.2) is 0 Å². The van der Waals surface area contributed by atoms with Gasteiger partial charge in [-0.25, -0.2) is 19.2 Å². The van der Waals surface area contributed by atoms with Gasteiger partial charge in [0, 0.05) is 47.8 Å². The minimum absolute atomic E-state index is 0.0212. The average Bonchev–Trinajstić information content (AvgIpc) is 3.15. The number of carbonyl (C=O) groups excluding carboxylic acids is 4. The van der Waals surface area contributed by atoms with Crippen LogP contribution < -0.4 is 21.3 Å². The molecule has 6 rings (SSSR count). The Hall–Kier alpha value is -5.39. The van der Waals surface area contributed by atoms with Crippen molar-refractivity contribution in [2.75, 3.05) is 23.0 Å². The predicted octanol–water partition coefficient (Wildman–Crippen LogP) is 0.747. The third-order valence-electron chi connectivity index (χ3n) is 7.10. The number of aliphatic carboxylic acids is 4. The van der Waals surface area contributed by atoms with Crippen LogP contribution in [-0.2, 0) is 19.2 Å². The summed E-state index contributed by atoms with van der Waals surface area (Å²) in [4.78, 5) is 111. The number of nitrogens with zero attached hydrogens (tertiary/aromatic N) is 3. The van der Waals surface area contributed by atoms with Crippen LogP contribution in [-0.4, -0.2) is 130 Å². The number of aromatic nitrogens is 3. The highest BCUT2D eigenvalue weighted by Gasteiger charge is 2.27. The normalized spacial score (nSPS) is 21.0. The highest BCUT2D eigenvalue weighted by molar-refractivity contribution is 8.77. The summed E-state index contributed by atoms with van der Waals surface area (Å²) < 4.78 is 0. The molecule has 284 valence electrons. The maximum Gasteiger partial charge on any atom is 0.327 e. The van der Waals surface area contributed by atoms with Gasteiger partial charge in [-0.1, -0.05) is 43.2 Å². The number of carboxylic acids is 4. The van der Waals surface area contributed by atoms with Gasteiger partial charge in [0.05, 0.1) is 33.6 Å². The summed E-state index contributed by atoms with van der Waals surface area (Å²) in [6, 6.07) is 1.01. The van der Waals surface area contributed by atoms with Crippen molar-refractivity contribution in [3.05, 3.63) is 77.4 Å². The molecule has 4 atom stereocenters. The molecular formula is C31H29N7O12S4. The van der Waals surface area contributed by atoms with Gasteiger partial charge < -0.3 is 41.7 Å². The van der Waals surface area contributed by atoms with E-state index in [0.29, 0.717) is 11.4 Å². The minimum atomic E-state index is -1.47. The molecule has 0 fully saturated rings. The number of hydrogen-bond acceptors (Lipinski definition) is 15. The van der Waals surface area contributed by atoms with Crippen molar-refractivity contribution in [1.29, 1.82) is 0 Å². The molecular weight excluding hydrogens is 791 g/mol. The maximum absolute atomic E-state index is 12.9. The highest BCUT2D eigenvalue weighted by Crippen LogP contribution is 2.25. The summed E-state index contributed by atoms with van der Waals surface area (Å²) in [5, 5.41) is 48.0. The van der Waals surface area contributed by atoms with E-state index in [-0.39, 0.29) is 45.3 Å². The molecule has 3 aliphatic heterocycles. The average molecular weight is 820 g/mol. The Labute approximate surface area is 320 Å². The van der Waals surface area contributed by atoms with Gasteiger partial charge in [0.1, 0.15) is 24.2 Å². The number of carbonyl (C=O) groups is 8. The van der Waals surface area contributed by atoms with Crippen LogP contribution >= 0.6 is 43.2 Å². The standard InChI is InChI=1S/C31H29N7O12S4/c39-24-14-1-3-18(33-8-14)19-4-2-15(9-34-19)25(40)36-21(29(45)46)11-52-54-13-23(31(49)50)38-27(42)17-5-16(6-32-7-17)26(41)37-22(30(47)48)12-53-51-10-20(35-24)28(43)44/h1-9,20-23H,10-13H2,(H,35,39)(H,36,40)(H,37,41)(H,38,42)(H,43,44)(H,45,46)(H,47,48)(H,49,50)/t20-,21-,22-,23-/m0/s1. The summed E-state index contributed by atoms with van der Waals surface area (Å²) >= 11 is 0. The van der Waals surface area contributed by atoms with Crippen LogP contribution in [0.3, 0.4) is 0 Å². The van der Waals surface area contributed by atoms with E-state index in [2.05, 4.69) is 36.2 Å². The summed E-state index contributed by atoms with van der Waals surface area (Å²) in [7, 11) is 3.71.